The Balaban J connectivity index is 1.54. The highest BCUT2D eigenvalue weighted by molar-refractivity contribution is 5.05. The number of nitrogens with one attached hydrogen (secondary N) is 1. The molecule has 2 fully saturated rings. The third-order valence-electron chi connectivity index (χ3n) is 4.27. The molecule has 0 saturated carbocycles. The SMILES string of the molecule is CN1C2CCC1CC(NCc1ccoc1)C2. The minimum atomic E-state index is 0.698. The molecule has 2 aliphatic rings. The molecule has 88 valence electrons. The third kappa shape index (κ3) is 1.89. The molecule has 1 aromatic heterocycles. The highest BCUT2D eigenvalue weighted by Gasteiger charge is 2.37. The molecule has 1 aromatic rings. The first-order chi connectivity index (χ1) is 7.83. The van der Waals surface area contributed by atoms with Crippen molar-refractivity contribution in [1.82, 2.24) is 10.2 Å². The van der Waals surface area contributed by atoms with Crippen LogP contribution >= 0.6 is 0 Å². The van der Waals surface area contributed by atoms with E-state index in [1.807, 2.05) is 12.3 Å². The van der Waals surface area contributed by atoms with E-state index in [-0.39, 0.29) is 0 Å². The van der Waals surface area contributed by atoms with Crippen LogP contribution in [0.4, 0.5) is 0 Å². The van der Waals surface area contributed by atoms with Crippen LogP contribution in [0.1, 0.15) is 31.2 Å². The molecule has 0 aliphatic carbocycles. The molecule has 16 heavy (non-hydrogen) atoms. The van der Waals surface area contributed by atoms with E-state index in [0.29, 0.717) is 6.04 Å². The van der Waals surface area contributed by atoms with E-state index < -0.39 is 0 Å². The van der Waals surface area contributed by atoms with Crippen molar-refractivity contribution in [2.24, 2.45) is 0 Å². The van der Waals surface area contributed by atoms with Gasteiger partial charge >= 0.3 is 0 Å². The number of rotatable bonds is 3. The summed E-state index contributed by atoms with van der Waals surface area (Å²) >= 11 is 0. The number of hydrogen-bond donors (Lipinski definition) is 1. The van der Waals surface area contributed by atoms with Gasteiger partial charge in [0.2, 0.25) is 0 Å². The summed E-state index contributed by atoms with van der Waals surface area (Å²) in [5.41, 5.74) is 1.26. The molecule has 3 rings (SSSR count). The van der Waals surface area contributed by atoms with Gasteiger partial charge in [-0.15, -0.1) is 0 Å². The molecule has 3 heteroatoms. The van der Waals surface area contributed by atoms with Gasteiger partial charge in [-0.2, -0.15) is 0 Å². The van der Waals surface area contributed by atoms with Gasteiger partial charge in [0.25, 0.3) is 0 Å². The maximum absolute atomic E-state index is 5.08. The van der Waals surface area contributed by atoms with Gasteiger partial charge in [-0.3, -0.25) is 0 Å². The van der Waals surface area contributed by atoms with Crippen LogP contribution in [0.5, 0.6) is 0 Å². The number of furan rings is 1. The summed E-state index contributed by atoms with van der Waals surface area (Å²) in [4.78, 5) is 2.58. The van der Waals surface area contributed by atoms with Gasteiger partial charge in [-0.1, -0.05) is 0 Å². The minimum Gasteiger partial charge on any atom is -0.472 e. The van der Waals surface area contributed by atoms with Crippen LogP contribution in [0.15, 0.2) is 23.0 Å². The largest absolute Gasteiger partial charge is 0.472 e. The Hall–Kier alpha value is -0.800. The number of fused-ring (bicyclic) bond motifs is 2. The van der Waals surface area contributed by atoms with Crippen LogP contribution in [0.2, 0.25) is 0 Å². The van der Waals surface area contributed by atoms with Gasteiger partial charge in [0.05, 0.1) is 12.5 Å². The van der Waals surface area contributed by atoms with Gasteiger partial charge in [0, 0.05) is 30.2 Å². The fraction of sp³-hybridized carbons (Fsp3) is 0.692. The maximum Gasteiger partial charge on any atom is 0.0947 e. The number of hydrogen-bond acceptors (Lipinski definition) is 3. The number of piperidine rings is 1. The molecule has 2 aliphatic heterocycles. The fourth-order valence-electron chi connectivity index (χ4n) is 3.23. The Morgan fingerprint density at radius 2 is 2.12 bits per heavy atom. The second-order valence-corrected chi connectivity index (χ2v) is 5.23. The monoisotopic (exact) mass is 220 g/mol. The van der Waals surface area contributed by atoms with Gasteiger partial charge in [-0.05, 0) is 38.8 Å². The third-order valence-corrected chi connectivity index (χ3v) is 4.27. The van der Waals surface area contributed by atoms with Crippen molar-refractivity contribution in [3.8, 4) is 0 Å². The molecule has 2 bridgehead atoms. The summed E-state index contributed by atoms with van der Waals surface area (Å²) in [7, 11) is 2.29. The lowest BCUT2D eigenvalue weighted by atomic mass is 9.98. The minimum absolute atomic E-state index is 0.698. The van der Waals surface area contributed by atoms with Crippen LogP contribution in [-0.2, 0) is 6.54 Å². The van der Waals surface area contributed by atoms with Gasteiger partial charge in [-0.25, -0.2) is 0 Å². The van der Waals surface area contributed by atoms with Crippen LogP contribution < -0.4 is 5.32 Å². The van der Waals surface area contributed by atoms with Crippen molar-refractivity contribution in [2.75, 3.05) is 7.05 Å². The summed E-state index contributed by atoms with van der Waals surface area (Å²) in [6.07, 6.45) is 8.98. The topological polar surface area (TPSA) is 28.4 Å². The van der Waals surface area contributed by atoms with Crippen LogP contribution in [-0.4, -0.2) is 30.1 Å². The Morgan fingerprint density at radius 1 is 1.38 bits per heavy atom. The van der Waals surface area contributed by atoms with Gasteiger partial charge < -0.3 is 14.6 Å². The fourth-order valence-corrected chi connectivity index (χ4v) is 3.23. The van der Waals surface area contributed by atoms with E-state index in [0.717, 1.165) is 18.6 Å². The summed E-state index contributed by atoms with van der Waals surface area (Å²) in [5, 5.41) is 3.66. The van der Waals surface area contributed by atoms with Crippen molar-refractivity contribution in [1.29, 1.82) is 0 Å². The Bertz CT molecular complexity index is 322. The van der Waals surface area contributed by atoms with E-state index >= 15 is 0 Å². The lowest BCUT2D eigenvalue weighted by molar-refractivity contribution is 0.148. The van der Waals surface area contributed by atoms with Crippen molar-refractivity contribution in [2.45, 2.75) is 50.4 Å². The van der Waals surface area contributed by atoms with E-state index in [1.165, 1.54) is 31.2 Å². The average Bonchev–Trinajstić information content (AvgIpc) is 2.84. The lowest BCUT2D eigenvalue weighted by Crippen LogP contribution is -2.46. The van der Waals surface area contributed by atoms with Crippen molar-refractivity contribution in [3.05, 3.63) is 24.2 Å². The molecule has 3 heterocycles. The normalized spacial score (nSPS) is 34.4. The summed E-state index contributed by atoms with van der Waals surface area (Å²) < 4.78 is 5.08. The van der Waals surface area contributed by atoms with Crippen molar-refractivity contribution >= 4 is 0 Å². The summed E-state index contributed by atoms with van der Waals surface area (Å²) in [6.45, 7) is 0.949. The zero-order valence-electron chi connectivity index (χ0n) is 9.86. The molecule has 2 unspecified atom stereocenters. The first-order valence-electron chi connectivity index (χ1n) is 6.29. The first-order valence-corrected chi connectivity index (χ1v) is 6.29. The first kappa shape index (κ1) is 10.4. The zero-order chi connectivity index (χ0) is 11.0. The standard InChI is InChI=1S/C13H20N2O/c1-15-12-2-3-13(15)7-11(6-12)14-8-10-4-5-16-9-10/h4-5,9,11-14H,2-3,6-8H2,1H3. The van der Waals surface area contributed by atoms with E-state index in [9.17, 15) is 0 Å². The van der Waals surface area contributed by atoms with Gasteiger partial charge in [0.15, 0.2) is 0 Å². The second-order valence-electron chi connectivity index (χ2n) is 5.23. The van der Waals surface area contributed by atoms with Crippen molar-refractivity contribution < 1.29 is 4.42 Å². The summed E-state index contributed by atoms with van der Waals surface area (Å²) in [6, 6.07) is 4.38. The van der Waals surface area contributed by atoms with Crippen LogP contribution in [0, 0.1) is 0 Å². The van der Waals surface area contributed by atoms with Gasteiger partial charge in [0.1, 0.15) is 0 Å². The lowest BCUT2D eigenvalue weighted by Gasteiger charge is -2.36. The van der Waals surface area contributed by atoms with E-state index in [4.69, 9.17) is 4.42 Å². The van der Waals surface area contributed by atoms with Crippen LogP contribution in [0.25, 0.3) is 0 Å². The highest BCUT2D eigenvalue weighted by atomic mass is 16.3. The smallest absolute Gasteiger partial charge is 0.0947 e. The highest BCUT2D eigenvalue weighted by Crippen LogP contribution is 2.34. The maximum atomic E-state index is 5.08. The molecule has 0 aromatic carbocycles. The molecule has 0 spiro atoms. The number of nitrogens with zero attached hydrogens (tertiary/aromatic N) is 1. The average molecular weight is 220 g/mol. The molecule has 1 N–H and O–H groups in total. The molecule has 2 saturated heterocycles. The molecule has 0 radical (unpaired) electrons. The predicted molar refractivity (Wildman–Crippen MR) is 63.1 cm³/mol. The molecule has 2 atom stereocenters. The summed E-state index contributed by atoms with van der Waals surface area (Å²) in [5.74, 6) is 0. The zero-order valence-corrected chi connectivity index (χ0v) is 9.86. The predicted octanol–water partition coefficient (Wildman–Crippen LogP) is 1.99. The molecule has 3 nitrogen and oxygen atoms in total. The van der Waals surface area contributed by atoms with E-state index in [1.54, 1.807) is 6.26 Å². The van der Waals surface area contributed by atoms with E-state index in [2.05, 4.69) is 17.3 Å². The van der Waals surface area contributed by atoms with Crippen molar-refractivity contribution in [3.63, 3.8) is 0 Å². The molecular formula is C13H20N2O. The Labute approximate surface area is 96.8 Å². The second kappa shape index (κ2) is 4.22. The Kier molecular flexibility index (Phi) is 2.74. The quantitative estimate of drug-likeness (QED) is 0.844. The molecule has 0 amide bonds. The van der Waals surface area contributed by atoms with Crippen LogP contribution in [0.3, 0.4) is 0 Å². The Morgan fingerprint density at radius 3 is 2.75 bits per heavy atom. The molecular weight excluding hydrogens is 200 g/mol.